The Balaban J connectivity index is 2.35. The van der Waals surface area contributed by atoms with Gasteiger partial charge < -0.3 is 15.7 Å². The van der Waals surface area contributed by atoms with Gasteiger partial charge in [0.2, 0.25) is 5.91 Å². The van der Waals surface area contributed by atoms with E-state index in [1.807, 2.05) is 0 Å². The maximum atomic E-state index is 13.6. The van der Waals surface area contributed by atoms with E-state index < -0.39 is 42.9 Å². The van der Waals surface area contributed by atoms with Gasteiger partial charge in [0.1, 0.15) is 18.9 Å². The van der Waals surface area contributed by atoms with Crippen molar-refractivity contribution in [3.8, 4) is 0 Å². The van der Waals surface area contributed by atoms with E-state index in [0.29, 0.717) is 5.56 Å². The van der Waals surface area contributed by atoms with E-state index in [2.05, 4.69) is 0 Å². The van der Waals surface area contributed by atoms with Crippen LogP contribution in [0.2, 0.25) is 5.02 Å². The maximum absolute atomic E-state index is 13.6. The summed E-state index contributed by atoms with van der Waals surface area (Å²) in [7, 11) is 0. The van der Waals surface area contributed by atoms with Crippen molar-refractivity contribution in [1.82, 2.24) is 9.80 Å². The summed E-state index contributed by atoms with van der Waals surface area (Å²) in [5.74, 6) is -2.01. The van der Waals surface area contributed by atoms with Crippen LogP contribution in [0.25, 0.3) is 0 Å². The van der Waals surface area contributed by atoms with Gasteiger partial charge in [0.15, 0.2) is 0 Å². The molecule has 0 spiro atoms. The number of urea groups is 1. The van der Waals surface area contributed by atoms with Crippen LogP contribution in [0.15, 0.2) is 12.1 Å². The number of nitrogens with two attached hydrogens (primary N) is 1. The number of primary amides is 1. The first-order chi connectivity index (χ1) is 10.8. The van der Waals surface area contributed by atoms with Crippen LogP contribution in [0, 0.1) is 5.82 Å². The fourth-order valence-corrected chi connectivity index (χ4v) is 2.78. The predicted molar refractivity (Wildman–Crippen MR) is 78.8 cm³/mol. The first-order valence-corrected chi connectivity index (χ1v) is 7.12. The summed E-state index contributed by atoms with van der Waals surface area (Å²) >= 11 is 5.91. The second-order valence-electron chi connectivity index (χ2n) is 5.15. The van der Waals surface area contributed by atoms with E-state index in [-0.39, 0.29) is 17.1 Å². The molecule has 2 rings (SSSR count). The minimum Gasteiger partial charge on any atom is -0.392 e. The van der Waals surface area contributed by atoms with Gasteiger partial charge in [-0.15, -0.1) is 0 Å². The molecule has 0 bridgehead atoms. The first-order valence-electron chi connectivity index (χ1n) is 6.74. The van der Waals surface area contributed by atoms with Crippen molar-refractivity contribution in [3.05, 3.63) is 34.1 Å². The van der Waals surface area contributed by atoms with E-state index in [1.54, 1.807) is 6.92 Å². The standard InChI is InChI=1S/C14H15ClFN3O4/c1-7(9-2-8(16)3-11(15)10(9)6-20)18-5-13(22)19(14(18)23)4-12(17)21/h2-3,7,20H,4-6H2,1H3,(H2,17,21)/t7-/m0/s1. The molecule has 3 N–H and O–H groups in total. The van der Waals surface area contributed by atoms with Crippen LogP contribution in [0.5, 0.6) is 0 Å². The Hall–Kier alpha value is -2.19. The summed E-state index contributed by atoms with van der Waals surface area (Å²) in [4.78, 5) is 37.0. The van der Waals surface area contributed by atoms with Gasteiger partial charge in [0, 0.05) is 10.6 Å². The second kappa shape index (κ2) is 6.51. The molecule has 0 saturated carbocycles. The minimum absolute atomic E-state index is 0.0290. The largest absolute Gasteiger partial charge is 0.392 e. The number of nitrogens with zero attached hydrogens (tertiary/aromatic N) is 2. The van der Waals surface area contributed by atoms with E-state index in [4.69, 9.17) is 17.3 Å². The summed E-state index contributed by atoms with van der Waals surface area (Å²) in [6.45, 7) is 0.340. The maximum Gasteiger partial charge on any atom is 0.328 e. The van der Waals surface area contributed by atoms with Gasteiger partial charge in [-0.3, -0.25) is 14.5 Å². The van der Waals surface area contributed by atoms with Gasteiger partial charge in [-0.05, 0) is 24.6 Å². The number of aliphatic hydroxyl groups excluding tert-OH is 1. The Morgan fingerprint density at radius 1 is 1.48 bits per heavy atom. The molecule has 0 unspecified atom stereocenters. The topological polar surface area (TPSA) is 104 Å². The summed E-state index contributed by atoms with van der Waals surface area (Å²) in [5, 5.41) is 9.45. The SMILES string of the molecule is C[C@@H](c1cc(F)cc(Cl)c1CO)N1CC(=O)N(CC(N)=O)C1=O. The molecule has 23 heavy (non-hydrogen) atoms. The lowest BCUT2D eigenvalue weighted by Crippen LogP contribution is -2.39. The highest BCUT2D eigenvalue weighted by Gasteiger charge is 2.40. The van der Waals surface area contributed by atoms with E-state index in [0.717, 1.165) is 21.9 Å². The van der Waals surface area contributed by atoms with Crippen LogP contribution in [0.1, 0.15) is 24.1 Å². The molecule has 1 saturated heterocycles. The molecule has 9 heteroatoms. The van der Waals surface area contributed by atoms with Gasteiger partial charge in [-0.2, -0.15) is 0 Å². The number of hydrogen-bond donors (Lipinski definition) is 2. The summed E-state index contributed by atoms with van der Waals surface area (Å²) in [6, 6.07) is 0.779. The minimum atomic E-state index is -0.814. The lowest BCUT2D eigenvalue weighted by Gasteiger charge is -2.26. The Morgan fingerprint density at radius 3 is 2.70 bits per heavy atom. The molecule has 1 heterocycles. The normalized spacial score (nSPS) is 16.2. The quantitative estimate of drug-likeness (QED) is 0.771. The highest BCUT2D eigenvalue weighted by Crippen LogP contribution is 2.32. The molecule has 0 aromatic heterocycles. The highest BCUT2D eigenvalue weighted by molar-refractivity contribution is 6.31. The molecule has 124 valence electrons. The van der Waals surface area contributed by atoms with Crippen LogP contribution < -0.4 is 5.73 Å². The Kier molecular flexibility index (Phi) is 4.86. The second-order valence-corrected chi connectivity index (χ2v) is 5.55. The van der Waals surface area contributed by atoms with Crippen LogP contribution in [0.3, 0.4) is 0 Å². The number of amides is 4. The molecular weight excluding hydrogens is 329 g/mol. The number of carbonyl (C=O) groups excluding carboxylic acids is 3. The lowest BCUT2D eigenvalue weighted by atomic mass is 10.0. The monoisotopic (exact) mass is 343 g/mol. The van der Waals surface area contributed by atoms with Gasteiger partial charge in [-0.25, -0.2) is 9.18 Å². The molecule has 7 nitrogen and oxygen atoms in total. The zero-order valence-electron chi connectivity index (χ0n) is 12.3. The average Bonchev–Trinajstić information content (AvgIpc) is 2.73. The highest BCUT2D eigenvalue weighted by atomic mass is 35.5. The number of halogens is 2. The van der Waals surface area contributed by atoms with Crippen LogP contribution in [-0.2, 0) is 16.2 Å². The smallest absolute Gasteiger partial charge is 0.328 e. The summed E-state index contributed by atoms with van der Waals surface area (Å²) in [6.07, 6.45) is 0. The molecule has 1 fully saturated rings. The summed E-state index contributed by atoms with van der Waals surface area (Å²) < 4.78 is 13.6. The molecule has 1 aromatic rings. The number of carbonyl (C=O) groups is 3. The van der Waals surface area contributed by atoms with E-state index in [1.165, 1.54) is 0 Å². The van der Waals surface area contributed by atoms with Crippen LogP contribution in [0.4, 0.5) is 9.18 Å². The van der Waals surface area contributed by atoms with Gasteiger partial charge in [-0.1, -0.05) is 11.6 Å². The van der Waals surface area contributed by atoms with Crippen molar-refractivity contribution in [1.29, 1.82) is 0 Å². The molecular formula is C14H15ClFN3O4. The summed E-state index contributed by atoms with van der Waals surface area (Å²) in [5.41, 5.74) is 5.57. The van der Waals surface area contributed by atoms with E-state index >= 15 is 0 Å². The lowest BCUT2D eigenvalue weighted by molar-refractivity contribution is -0.129. The fraction of sp³-hybridized carbons (Fsp3) is 0.357. The fourth-order valence-electron chi connectivity index (χ4n) is 2.51. The Bertz CT molecular complexity index is 682. The average molecular weight is 344 g/mol. The van der Waals surface area contributed by atoms with Crippen LogP contribution in [-0.4, -0.2) is 45.8 Å². The molecule has 0 radical (unpaired) electrons. The molecule has 1 aliphatic heterocycles. The molecule has 1 aliphatic rings. The Morgan fingerprint density at radius 2 is 2.13 bits per heavy atom. The number of imide groups is 1. The first kappa shape index (κ1) is 17.2. The van der Waals surface area contributed by atoms with Gasteiger partial charge in [0.25, 0.3) is 5.91 Å². The van der Waals surface area contributed by atoms with E-state index in [9.17, 15) is 23.9 Å². The van der Waals surface area contributed by atoms with Crippen molar-refractivity contribution in [3.63, 3.8) is 0 Å². The number of benzene rings is 1. The third kappa shape index (κ3) is 3.27. The zero-order valence-corrected chi connectivity index (χ0v) is 13.0. The number of hydrogen-bond acceptors (Lipinski definition) is 4. The van der Waals surface area contributed by atoms with Crippen LogP contribution >= 0.6 is 11.6 Å². The van der Waals surface area contributed by atoms with Crippen molar-refractivity contribution in [2.24, 2.45) is 5.73 Å². The van der Waals surface area contributed by atoms with Gasteiger partial charge >= 0.3 is 6.03 Å². The van der Waals surface area contributed by atoms with Gasteiger partial charge in [0.05, 0.1) is 12.6 Å². The third-order valence-electron chi connectivity index (χ3n) is 3.67. The molecule has 0 aliphatic carbocycles. The Labute approximate surface area is 136 Å². The number of aliphatic hydroxyl groups is 1. The van der Waals surface area contributed by atoms with Crippen molar-refractivity contribution < 1.29 is 23.9 Å². The third-order valence-corrected chi connectivity index (χ3v) is 4.00. The molecule has 1 atom stereocenters. The van der Waals surface area contributed by atoms with Crippen molar-refractivity contribution in [2.75, 3.05) is 13.1 Å². The van der Waals surface area contributed by atoms with Crippen molar-refractivity contribution >= 4 is 29.4 Å². The zero-order chi connectivity index (χ0) is 17.3. The molecule has 4 amide bonds. The number of rotatable bonds is 5. The van der Waals surface area contributed by atoms with Crippen molar-refractivity contribution in [2.45, 2.75) is 19.6 Å². The molecule has 1 aromatic carbocycles. The predicted octanol–water partition coefficient (Wildman–Crippen LogP) is 0.782.